The summed E-state index contributed by atoms with van der Waals surface area (Å²) < 4.78 is 5.71. The minimum absolute atomic E-state index is 0.135. The summed E-state index contributed by atoms with van der Waals surface area (Å²) in [5.74, 6) is 0.294. The van der Waals surface area contributed by atoms with Gasteiger partial charge in [-0.3, -0.25) is 9.59 Å². The zero-order valence-electron chi connectivity index (χ0n) is 15.5. The van der Waals surface area contributed by atoms with E-state index in [1.165, 1.54) is 6.92 Å². The Kier molecular flexibility index (Phi) is 7.31. The van der Waals surface area contributed by atoms with Gasteiger partial charge in [0.25, 0.3) is 5.91 Å². The molecule has 2 aromatic rings. The van der Waals surface area contributed by atoms with Crippen molar-refractivity contribution in [2.45, 2.75) is 33.3 Å². The van der Waals surface area contributed by atoms with Gasteiger partial charge in [0.1, 0.15) is 5.75 Å². The Morgan fingerprint density at radius 1 is 1.00 bits per heavy atom. The minimum Gasteiger partial charge on any atom is -0.491 e. The zero-order valence-corrected chi connectivity index (χ0v) is 16.4. The monoisotopic (exact) mass is 385 g/mol. The van der Waals surface area contributed by atoms with Gasteiger partial charge in [0.05, 0.1) is 6.10 Å². The Morgan fingerprint density at radius 2 is 1.56 bits per heavy atom. The van der Waals surface area contributed by atoms with Gasteiger partial charge in [-0.25, -0.2) is 0 Å². The number of carbonyl (C=O) groups excluding carboxylic acids is 2. The lowest BCUT2D eigenvalue weighted by atomic mass is 10.2. The Balaban J connectivity index is 1.93. The van der Waals surface area contributed by atoms with Crippen LogP contribution in [0.25, 0.3) is 0 Å². The van der Waals surface area contributed by atoms with Crippen molar-refractivity contribution in [2.75, 3.05) is 10.6 Å². The molecular formula is C20H23N3O3S. The van der Waals surface area contributed by atoms with Gasteiger partial charge < -0.3 is 20.7 Å². The lowest BCUT2D eigenvalue weighted by molar-refractivity contribution is -0.117. The first-order chi connectivity index (χ1) is 12.9. The molecule has 0 radical (unpaired) electrons. The average Bonchev–Trinajstić information content (AvgIpc) is 2.63. The molecule has 0 aliphatic heterocycles. The SMILES string of the molecule is CC[C@H](C)Oc1ccc(C(=O)Nc2ccc(NC(=S)NC(C)=O)cc2)cc1. The van der Waals surface area contributed by atoms with E-state index in [0.29, 0.717) is 16.9 Å². The van der Waals surface area contributed by atoms with Crippen molar-refractivity contribution in [3.63, 3.8) is 0 Å². The summed E-state index contributed by atoms with van der Waals surface area (Å²) in [7, 11) is 0. The largest absolute Gasteiger partial charge is 0.491 e. The lowest BCUT2D eigenvalue weighted by Gasteiger charge is -2.13. The first-order valence-electron chi connectivity index (χ1n) is 8.64. The van der Waals surface area contributed by atoms with E-state index >= 15 is 0 Å². The van der Waals surface area contributed by atoms with E-state index in [1.807, 2.05) is 6.92 Å². The van der Waals surface area contributed by atoms with Gasteiger partial charge in [0.15, 0.2) is 5.11 Å². The minimum atomic E-state index is -0.239. The maximum Gasteiger partial charge on any atom is 0.255 e. The first kappa shape index (κ1) is 20.4. The second-order valence-corrected chi connectivity index (χ2v) is 6.44. The highest BCUT2D eigenvalue weighted by Gasteiger charge is 2.08. The smallest absolute Gasteiger partial charge is 0.255 e. The Hall–Kier alpha value is -2.93. The van der Waals surface area contributed by atoms with Crippen molar-refractivity contribution < 1.29 is 14.3 Å². The van der Waals surface area contributed by atoms with Crippen LogP contribution in [0.15, 0.2) is 48.5 Å². The second-order valence-electron chi connectivity index (χ2n) is 6.03. The molecule has 0 heterocycles. The number of hydrogen-bond donors (Lipinski definition) is 3. The van der Waals surface area contributed by atoms with E-state index in [9.17, 15) is 9.59 Å². The number of thiocarbonyl (C=S) groups is 1. The molecule has 3 N–H and O–H groups in total. The van der Waals surface area contributed by atoms with Gasteiger partial charge in [0.2, 0.25) is 5.91 Å². The quantitative estimate of drug-likeness (QED) is 0.656. The van der Waals surface area contributed by atoms with Gasteiger partial charge in [-0.2, -0.15) is 0 Å². The molecule has 6 nitrogen and oxygen atoms in total. The van der Waals surface area contributed by atoms with Crippen LogP contribution in [0, 0.1) is 0 Å². The molecule has 0 aliphatic rings. The Morgan fingerprint density at radius 3 is 2.07 bits per heavy atom. The van der Waals surface area contributed by atoms with Crippen LogP contribution in [0.3, 0.4) is 0 Å². The van der Waals surface area contributed by atoms with Gasteiger partial charge in [-0.05, 0) is 74.1 Å². The first-order valence-corrected chi connectivity index (χ1v) is 9.05. The molecule has 0 bridgehead atoms. The maximum absolute atomic E-state index is 12.4. The van der Waals surface area contributed by atoms with Crippen LogP contribution in [0.5, 0.6) is 5.75 Å². The predicted octanol–water partition coefficient (Wildman–Crippen LogP) is 3.95. The molecule has 2 amide bonds. The zero-order chi connectivity index (χ0) is 19.8. The number of amides is 2. The number of rotatable bonds is 6. The highest BCUT2D eigenvalue weighted by Crippen LogP contribution is 2.17. The van der Waals surface area contributed by atoms with Crippen molar-refractivity contribution >= 4 is 40.5 Å². The molecule has 142 valence electrons. The molecule has 7 heteroatoms. The van der Waals surface area contributed by atoms with E-state index in [4.69, 9.17) is 17.0 Å². The number of anilines is 2. The molecular weight excluding hydrogens is 362 g/mol. The van der Waals surface area contributed by atoms with Gasteiger partial charge in [-0.1, -0.05) is 6.92 Å². The number of nitrogens with one attached hydrogen (secondary N) is 3. The highest BCUT2D eigenvalue weighted by atomic mass is 32.1. The van der Waals surface area contributed by atoms with Crippen molar-refractivity contribution in [2.24, 2.45) is 0 Å². The fraction of sp³-hybridized carbons (Fsp3) is 0.250. The molecule has 2 rings (SSSR count). The second kappa shape index (κ2) is 9.68. The maximum atomic E-state index is 12.4. The average molecular weight is 385 g/mol. The third-order valence-corrected chi connectivity index (χ3v) is 3.92. The molecule has 0 aromatic heterocycles. The van der Waals surface area contributed by atoms with Crippen LogP contribution in [0.1, 0.15) is 37.6 Å². The summed E-state index contributed by atoms with van der Waals surface area (Å²) in [5.41, 5.74) is 1.90. The molecule has 0 fully saturated rings. The lowest BCUT2D eigenvalue weighted by Crippen LogP contribution is -2.32. The predicted molar refractivity (Wildman–Crippen MR) is 111 cm³/mol. The molecule has 0 saturated carbocycles. The molecule has 0 aliphatic carbocycles. The summed E-state index contributed by atoms with van der Waals surface area (Å²) >= 11 is 5.00. The standard InChI is InChI=1S/C20H23N3O3S/c1-4-13(2)26-18-11-5-15(6-12-18)19(25)22-16-7-9-17(10-8-16)23-20(27)21-14(3)24/h5-13H,4H2,1-3H3,(H,22,25)(H2,21,23,24,27)/t13-/m0/s1. The Bertz CT molecular complexity index is 804. The van der Waals surface area contributed by atoms with Crippen LogP contribution < -0.4 is 20.7 Å². The van der Waals surface area contributed by atoms with E-state index in [1.54, 1.807) is 48.5 Å². The molecule has 2 aromatic carbocycles. The fourth-order valence-electron chi connectivity index (χ4n) is 2.16. The van der Waals surface area contributed by atoms with Gasteiger partial charge in [-0.15, -0.1) is 0 Å². The van der Waals surface area contributed by atoms with Crippen molar-refractivity contribution in [1.29, 1.82) is 0 Å². The van der Waals surface area contributed by atoms with Crippen LogP contribution >= 0.6 is 12.2 Å². The number of carbonyl (C=O) groups is 2. The molecule has 1 atom stereocenters. The molecule has 27 heavy (non-hydrogen) atoms. The van der Waals surface area contributed by atoms with Gasteiger partial charge >= 0.3 is 0 Å². The summed E-state index contributed by atoms with van der Waals surface area (Å²) in [4.78, 5) is 23.3. The third kappa shape index (κ3) is 6.71. The van der Waals surface area contributed by atoms with E-state index < -0.39 is 0 Å². The molecule has 0 unspecified atom stereocenters. The molecule has 0 spiro atoms. The van der Waals surface area contributed by atoms with E-state index in [-0.39, 0.29) is 23.0 Å². The molecule has 0 saturated heterocycles. The fourth-order valence-corrected chi connectivity index (χ4v) is 2.42. The van der Waals surface area contributed by atoms with Crippen molar-refractivity contribution in [3.05, 3.63) is 54.1 Å². The number of hydrogen-bond acceptors (Lipinski definition) is 4. The third-order valence-electron chi connectivity index (χ3n) is 3.72. The van der Waals surface area contributed by atoms with Crippen LogP contribution in [-0.2, 0) is 4.79 Å². The Labute approximate surface area is 164 Å². The van der Waals surface area contributed by atoms with Crippen LogP contribution in [0.4, 0.5) is 11.4 Å². The van der Waals surface area contributed by atoms with E-state index in [2.05, 4.69) is 22.9 Å². The number of benzene rings is 2. The highest BCUT2D eigenvalue weighted by molar-refractivity contribution is 7.80. The van der Waals surface area contributed by atoms with Crippen molar-refractivity contribution in [1.82, 2.24) is 5.32 Å². The summed E-state index contributed by atoms with van der Waals surface area (Å²) in [6.07, 6.45) is 1.05. The summed E-state index contributed by atoms with van der Waals surface area (Å²) in [6, 6.07) is 14.0. The van der Waals surface area contributed by atoms with Crippen LogP contribution in [0.2, 0.25) is 0 Å². The van der Waals surface area contributed by atoms with Gasteiger partial charge in [0, 0.05) is 23.9 Å². The van der Waals surface area contributed by atoms with Crippen LogP contribution in [-0.4, -0.2) is 23.0 Å². The summed E-state index contributed by atoms with van der Waals surface area (Å²) in [6.45, 7) is 5.44. The van der Waals surface area contributed by atoms with Crippen molar-refractivity contribution in [3.8, 4) is 5.75 Å². The topological polar surface area (TPSA) is 79.5 Å². The summed E-state index contributed by atoms with van der Waals surface area (Å²) in [5, 5.41) is 8.42. The normalized spacial score (nSPS) is 11.2. The van der Waals surface area contributed by atoms with E-state index in [0.717, 1.165) is 12.2 Å². The number of ether oxygens (including phenoxy) is 1.